The van der Waals surface area contributed by atoms with Crippen LogP contribution in [0.1, 0.15) is 33.2 Å². The maximum Gasteiger partial charge on any atom is 0.251 e. The number of nitrogens with one attached hydrogen (secondary N) is 1. The summed E-state index contributed by atoms with van der Waals surface area (Å²) in [7, 11) is 0. The molecule has 1 unspecified atom stereocenters. The molecular formula is C17H18ClNO2. The molecule has 0 saturated carbocycles. The molecule has 2 aromatic rings. The van der Waals surface area contributed by atoms with E-state index in [9.17, 15) is 9.90 Å². The first kappa shape index (κ1) is 15.5. The molecule has 0 saturated heterocycles. The van der Waals surface area contributed by atoms with E-state index in [0.29, 0.717) is 10.6 Å². The smallest absolute Gasteiger partial charge is 0.251 e. The van der Waals surface area contributed by atoms with Crippen LogP contribution in [0.3, 0.4) is 0 Å². The van der Waals surface area contributed by atoms with Gasteiger partial charge in [-0.05, 0) is 48.7 Å². The summed E-state index contributed by atoms with van der Waals surface area (Å²) >= 11 is 5.80. The molecule has 1 atom stereocenters. The fraction of sp³-hybridized carbons (Fsp3) is 0.235. The summed E-state index contributed by atoms with van der Waals surface area (Å²) < 4.78 is 0. The van der Waals surface area contributed by atoms with Crippen molar-refractivity contribution in [3.63, 3.8) is 0 Å². The number of aliphatic hydroxyl groups is 1. The van der Waals surface area contributed by atoms with E-state index in [-0.39, 0.29) is 12.5 Å². The third kappa shape index (κ3) is 3.84. The van der Waals surface area contributed by atoms with Gasteiger partial charge in [-0.15, -0.1) is 0 Å². The van der Waals surface area contributed by atoms with Gasteiger partial charge in [0, 0.05) is 17.1 Å². The van der Waals surface area contributed by atoms with Crippen molar-refractivity contribution in [1.82, 2.24) is 5.32 Å². The predicted molar refractivity (Wildman–Crippen MR) is 84.7 cm³/mol. The molecule has 0 heterocycles. The second kappa shape index (κ2) is 6.74. The van der Waals surface area contributed by atoms with Gasteiger partial charge in [-0.2, -0.15) is 0 Å². The molecule has 110 valence electrons. The van der Waals surface area contributed by atoms with Crippen molar-refractivity contribution in [1.29, 1.82) is 0 Å². The number of benzene rings is 2. The van der Waals surface area contributed by atoms with Gasteiger partial charge in [0.15, 0.2) is 0 Å². The van der Waals surface area contributed by atoms with Crippen molar-refractivity contribution in [3.8, 4) is 0 Å². The molecule has 0 aliphatic heterocycles. The lowest BCUT2D eigenvalue weighted by Crippen LogP contribution is -2.29. The lowest BCUT2D eigenvalue weighted by atomic mass is 10.0. The molecular weight excluding hydrogens is 286 g/mol. The summed E-state index contributed by atoms with van der Waals surface area (Å²) in [5.74, 6) is -0.177. The van der Waals surface area contributed by atoms with Gasteiger partial charge in [-0.3, -0.25) is 4.79 Å². The molecule has 0 aliphatic carbocycles. The quantitative estimate of drug-likeness (QED) is 0.909. The third-order valence-corrected chi connectivity index (χ3v) is 3.81. The summed E-state index contributed by atoms with van der Waals surface area (Å²) in [6, 6.07) is 12.5. The first-order valence-electron chi connectivity index (χ1n) is 6.77. The Kier molecular flexibility index (Phi) is 4.99. The molecule has 0 bridgehead atoms. The topological polar surface area (TPSA) is 49.3 Å². The first-order valence-corrected chi connectivity index (χ1v) is 7.15. The van der Waals surface area contributed by atoms with Gasteiger partial charge in [0.2, 0.25) is 0 Å². The number of hydrogen-bond donors (Lipinski definition) is 2. The Labute approximate surface area is 129 Å². The van der Waals surface area contributed by atoms with Crippen molar-refractivity contribution >= 4 is 17.5 Å². The van der Waals surface area contributed by atoms with E-state index >= 15 is 0 Å². The van der Waals surface area contributed by atoms with Crippen molar-refractivity contribution in [3.05, 3.63) is 69.7 Å². The van der Waals surface area contributed by atoms with Gasteiger partial charge in [0.05, 0.1) is 6.10 Å². The maximum atomic E-state index is 12.2. The summed E-state index contributed by atoms with van der Waals surface area (Å²) in [6.07, 6.45) is -0.753. The van der Waals surface area contributed by atoms with Crippen LogP contribution in [0.4, 0.5) is 0 Å². The van der Waals surface area contributed by atoms with Gasteiger partial charge in [0.25, 0.3) is 5.91 Å². The van der Waals surface area contributed by atoms with Crippen LogP contribution in [0.25, 0.3) is 0 Å². The van der Waals surface area contributed by atoms with Crippen LogP contribution in [-0.2, 0) is 0 Å². The van der Waals surface area contributed by atoms with Crippen LogP contribution in [0.5, 0.6) is 0 Å². The summed E-state index contributed by atoms with van der Waals surface area (Å²) in [6.45, 7) is 4.04. The molecule has 1 amide bonds. The molecule has 3 nitrogen and oxygen atoms in total. The minimum absolute atomic E-state index is 0.161. The Morgan fingerprint density at radius 3 is 2.52 bits per heavy atom. The average Bonchev–Trinajstić information content (AvgIpc) is 2.48. The fourth-order valence-electron chi connectivity index (χ4n) is 2.08. The highest BCUT2D eigenvalue weighted by Crippen LogP contribution is 2.16. The van der Waals surface area contributed by atoms with E-state index in [0.717, 1.165) is 16.7 Å². The lowest BCUT2D eigenvalue weighted by Gasteiger charge is -2.14. The van der Waals surface area contributed by atoms with Gasteiger partial charge >= 0.3 is 0 Å². The average molecular weight is 304 g/mol. The minimum Gasteiger partial charge on any atom is -0.387 e. The Morgan fingerprint density at radius 1 is 1.19 bits per heavy atom. The number of amides is 1. The first-order chi connectivity index (χ1) is 9.99. The predicted octanol–water partition coefficient (Wildman–Crippen LogP) is 3.42. The Hall–Kier alpha value is -1.84. The Bertz CT molecular complexity index is 638. The zero-order valence-corrected chi connectivity index (χ0v) is 12.8. The molecule has 4 heteroatoms. The molecule has 21 heavy (non-hydrogen) atoms. The van der Waals surface area contributed by atoms with E-state index in [1.165, 1.54) is 0 Å². The third-order valence-electron chi connectivity index (χ3n) is 3.56. The van der Waals surface area contributed by atoms with Crippen molar-refractivity contribution < 1.29 is 9.90 Å². The summed E-state index contributed by atoms with van der Waals surface area (Å²) in [5.41, 5.74) is 3.39. The zero-order valence-electron chi connectivity index (χ0n) is 12.1. The number of hydrogen-bond acceptors (Lipinski definition) is 2. The number of rotatable bonds is 4. The molecule has 2 aromatic carbocycles. The van der Waals surface area contributed by atoms with Crippen LogP contribution in [0, 0.1) is 13.8 Å². The van der Waals surface area contributed by atoms with Crippen molar-refractivity contribution in [2.45, 2.75) is 20.0 Å². The van der Waals surface area contributed by atoms with Gasteiger partial charge in [-0.25, -0.2) is 0 Å². The molecule has 0 aromatic heterocycles. The number of carbonyl (C=O) groups excluding carboxylic acids is 1. The van der Waals surface area contributed by atoms with Crippen LogP contribution in [0.15, 0.2) is 42.5 Å². The van der Waals surface area contributed by atoms with Crippen LogP contribution in [-0.4, -0.2) is 17.6 Å². The van der Waals surface area contributed by atoms with Gasteiger partial charge < -0.3 is 10.4 Å². The van der Waals surface area contributed by atoms with Crippen LogP contribution < -0.4 is 5.32 Å². The van der Waals surface area contributed by atoms with E-state index in [1.54, 1.807) is 30.3 Å². The largest absolute Gasteiger partial charge is 0.387 e. The normalized spacial score (nSPS) is 12.0. The molecule has 0 aliphatic rings. The van der Waals surface area contributed by atoms with E-state index in [4.69, 9.17) is 11.6 Å². The number of carbonyl (C=O) groups is 1. The number of halogens is 1. The van der Waals surface area contributed by atoms with E-state index in [1.807, 2.05) is 26.0 Å². The lowest BCUT2D eigenvalue weighted by molar-refractivity contribution is 0.0915. The van der Waals surface area contributed by atoms with Crippen molar-refractivity contribution in [2.24, 2.45) is 0 Å². The zero-order chi connectivity index (χ0) is 15.4. The second-order valence-corrected chi connectivity index (χ2v) is 5.46. The Morgan fingerprint density at radius 2 is 1.86 bits per heavy atom. The summed E-state index contributed by atoms with van der Waals surface area (Å²) in [5, 5.41) is 13.4. The second-order valence-electron chi connectivity index (χ2n) is 5.02. The highest BCUT2D eigenvalue weighted by molar-refractivity contribution is 6.30. The van der Waals surface area contributed by atoms with Crippen LogP contribution in [0.2, 0.25) is 5.02 Å². The Balaban J connectivity index is 2.00. The minimum atomic E-state index is -0.753. The van der Waals surface area contributed by atoms with Crippen molar-refractivity contribution in [2.75, 3.05) is 6.54 Å². The van der Waals surface area contributed by atoms with Gasteiger partial charge in [0.1, 0.15) is 0 Å². The van der Waals surface area contributed by atoms with Crippen LogP contribution >= 0.6 is 11.6 Å². The SMILES string of the molecule is Cc1cccc(C(=O)NCC(O)c2ccc(Cl)cc2)c1C. The van der Waals surface area contributed by atoms with E-state index in [2.05, 4.69) is 5.32 Å². The van der Waals surface area contributed by atoms with Gasteiger partial charge in [-0.1, -0.05) is 35.9 Å². The molecule has 2 rings (SSSR count). The molecule has 0 fully saturated rings. The number of aliphatic hydroxyl groups excluding tert-OH is 1. The highest BCUT2D eigenvalue weighted by Gasteiger charge is 2.13. The fourth-order valence-corrected chi connectivity index (χ4v) is 2.21. The van der Waals surface area contributed by atoms with E-state index < -0.39 is 6.10 Å². The molecule has 2 N–H and O–H groups in total. The molecule has 0 radical (unpaired) electrons. The highest BCUT2D eigenvalue weighted by atomic mass is 35.5. The standard InChI is InChI=1S/C17H18ClNO2/c1-11-4-3-5-15(12(11)2)17(21)19-10-16(20)13-6-8-14(18)9-7-13/h3-9,16,20H,10H2,1-2H3,(H,19,21). The summed E-state index contributed by atoms with van der Waals surface area (Å²) in [4.78, 5) is 12.2. The molecule has 0 spiro atoms. The number of aryl methyl sites for hydroxylation is 1. The monoisotopic (exact) mass is 303 g/mol. The maximum absolute atomic E-state index is 12.2.